The quantitative estimate of drug-likeness (QED) is 0.860. The summed E-state index contributed by atoms with van der Waals surface area (Å²) in [6, 6.07) is 7.86. The molecule has 0 aliphatic heterocycles. The molecule has 1 aromatic heterocycles. The number of carbonyl (C=O) groups excluding carboxylic acids is 2. The average Bonchev–Trinajstić information content (AvgIpc) is 2.98. The van der Waals surface area contributed by atoms with Crippen molar-refractivity contribution in [3.05, 3.63) is 46.8 Å². The molecule has 5 nitrogen and oxygen atoms in total. The Balaban J connectivity index is 1.57. The van der Waals surface area contributed by atoms with Gasteiger partial charge in [0.05, 0.1) is 22.6 Å². The molecule has 0 atom stereocenters. The Morgan fingerprint density at radius 3 is 2.46 bits per heavy atom. The van der Waals surface area contributed by atoms with Crippen molar-refractivity contribution in [2.75, 3.05) is 0 Å². The van der Waals surface area contributed by atoms with E-state index in [4.69, 9.17) is 0 Å². The molecule has 1 aromatic carbocycles. The molecule has 2 aromatic rings. The van der Waals surface area contributed by atoms with Crippen LogP contribution in [0.2, 0.25) is 0 Å². The molecular formula is C23H29N3O2. The molecule has 1 heterocycles. The van der Waals surface area contributed by atoms with E-state index in [1.165, 1.54) is 19.3 Å². The van der Waals surface area contributed by atoms with Crippen LogP contribution >= 0.6 is 0 Å². The molecule has 148 valence electrons. The Morgan fingerprint density at radius 2 is 1.79 bits per heavy atom. The van der Waals surface area contributed by atoms with Gasteiger partial charge in [0, 0.05) is 18.0 Å². The second kappa shape index (κ2) is 7.19. The van der Waals surface area contributed by atoms with E-state index in [0.29, 0.717) is 18.0 Å². The number of rotatable bonds is 3. The van der Waals surface area contributed by atoms with Gasteiger partial charge in [0.25, 0.3) is 5.91 Å². The summed E-state index contributed by atoms with van der Waals surface area (Å²) in [6.45, 7) is 6.15. The zero-order chi connectivity index (χ0) is 19.9. The van der Waals surface area contributed by atoms with Gasteiger partial charge in [-0.3, -0.25) is 9.59 Å². The minimum Gasteiger partial charge on any atom is -0.349 e. The monoisotopic (exact) mass is 379 g/mol. The lowest BCUT2D eigenvalue weighted by molar-refractivity contribution is 0.0906. The summed E-state index contributed by atoms with van der Waals surface area (Å²) in [6.07, 6.45) is 7.20. The van der Waals surface area contributed by atoms with Crippen molar-refractivity contribution >= 4 is 11.7 Å². The predicted octanol–water partition coefficient (Wildman–Crippen LogP) is 4.40. The van der Waals surface area contributed by atoms with Crippen molar-refractivity contribution in [1.82, 2.24) is 15.1 Å². The highest BCUT2D eigenvalue weighted by atomic mass is 16.1. The number of benzene rings is 1. The number of nitrogens with zero attached hydrogens (tertiary/aromatic N) is 2. The minimum atomic E-state index is -0.0614. The first-order valence-corrected chi connectivity index (χ1v) is 10.4. The summed E-state index contributed by atoms with van der Waals surface area (Å²) in [4.78, 5) is 25.1. The van der Waals surface area contributed by atoms with Gasteiger partial charge in [0.15, 0.2) is 5.78 Å². The molecule has 5 heteroatoms. The van der Waals surface area contributed by atoms with Crippen LogP contribution in [0.25, 0.3) is 5.69 Å². The highest BCUT2D eigenvalue weighted by Crippen LogP contribution is 2.36. The Hall–Kier alpha value is -2.43. The Morgan fingerprint density at radius 1 is 1.11 bits per heavy atom. The molecule has 1 amide bonds. The van der Waals surface area contributed by atoms with Gasteiger partial charge in [-0.2, -0.15) is 5.10 Å². The first kappa shape index (κ1) is 18.9. The van der Waals surface area contributed by atoms with Gasteiger partial charge in [0.1, 0.15) is 0 Å². The number of hydrogen-bond acceptors (Lipinski definition) is 3. The van der Waals surface area contributed by atoms with Crippen molar-refractivity contribution in [2.45, 2.75) is 71.8 Å². The van der Waals surface area contributed by atoms with Gasteiger partial charge < -0.3 is 5.32 Å². The first-order valence-electron chi connectivity index (χ1n) is 10.4. The van der Waals surface area contributed by atoms with Crippen molar-refractivity contribution < 1.29 is 9.59 Å². The first-order chi connectivity index (χ1) is 13.3. The average molecular weight is 380 g/mol. The number of aryl methyl sites for hydroxylation is 1. The number of ketones is 1. The number of carbonyl (C=O) groups is 2. The van der Waals surface area contributed by atoms with Crippen LogP contribution in [0, 0.1) is 12.3 Å². The Kier molecular flexibility index (Phi) is 4.86. The van der Waals surface area contributed by atoms with Gasteiger partial charge >= 0.3 is 0 Å². The molecule has 2 aliphatic rings. The van der Waals surface area contributed by atoms with Gasteiger partial charge in [-0.15, -0.1) is 0 Å². The Bertz CT molecular complexity index is 903. The molecule has 0 saturated heterocycles. The summed E-state index contributed by atoms with van der Waals surface area (Å²) in [7, 11) is 0. The molecule has 4 rings (SSSR count). The molecule has 0 bridgehead atoms. The number of hydrogen-bond donors (Lipinski definition) is 1. The summed E-state index contributed by atoms with van der Waals surface area (Å²) >= 11 is 0. The fourth-order valence-electron chi connectivity index (χ4n) is 4.62. The van der Waals surface area contributed by atoms with Crippen molar-refractivity contribution in [3.63, 3.8) is 0 Å². The fraction of sp³-hybridized carbons (Fsp3) is 0.522. The Labute approximate surface area is 166 Å². The van der Waals surface area contributed by atoms with Crippen LogP contribution in [0.5, 0.6) is 0 Å². The van der Waals surface area contributed by atoms with Crippen molar-refractivity contribution in [3.8, 4) is 5.69 Å². The lowest BCUT2D eigenvalue weighted by Gasteiger charge is -2.29. The van der Waals surface area contributed by atoms with Gasteiger partial charge in [-0.1, -0.05) is 33.1 Å². The fourth-order valence-corrected chi connectivity index (χ4v) is 4.62. The number of fused-ring (bicyclic) bond motifs is 1. The van der Waals surface area contributed by atoms with Crippen LogP contribution in [0.1, 0.15) is 84.5 Å². The van der Waals surface area contributed by atoms with E-state index in [1.807, 2.05) is 35.9 Å². The lowest BCUT2D eigenvalue weighted by Crippen LogP contribution is -2.36. The third-order valence-electron chi connectivity index (χ3n) is 6.03. The molecule has 0 radical (unpaired) electrons. The van der Waals surface area contributed by atoms with Crippen molar-refractivity contribution in [1.29, 1.82) is 0 Å². The molecule has 0 unspecified atom stereocenters. The van der Waals surface area contributed by atoms with E-state index in [9.17, 15) is 9.59 Å². The lowest BCUT2D eigenvalue weighted by atomic mass is 9.75. The standard InChI is InChI=1S/C23H29N3O2/c1-15-21-19(13-23(2,3)14-20(21)27)26(25-15)18-11-9-16(10-12-18)22(28)24-17-7-5-4-6-8-17/h9-12,17H,4-8,13-14H2,1-3H3,(H,24,28). The zero-order valence-electron chi connectivity index (χ0n) is 17.0. The second-order valence-corrected chi connectivity index (χ2v) is 9.12. The maximum absolute atomic E-state index is 12.6. The smallest absolute Gasteiger partial charge is 0.251 e. The number of nitrogens with one attached hydrogen (secondary N) is 1. The number of amides is 1. The van der Waals surface area contributed by atoms with Crippen LogP contribution in [0.3, 0.4) is 0 Å². The topological polar surface area (TPSA) is 64.0 Å². The van der Waals surface area contributed by atoms with E-state index < -0.39 is 0 Å². The van der Waals surface area contributed by atoms with Gasteiger partial charge in [-0.25, -0.2) is 4.68 Å². The van der Waals surface area contributed by atoms with E-state index in [-0.39, 0.29) is 17.1 Å². The van der Waals surface area contributed by atoms with Gasteiger partial charge in [-0.05, 0) is 55.9 Å². The molecule has 1 N–H and O–H groups in total. The minimum absolute atomic E-state index is 0.00608. The molecular weight excluding hydrogens is 350 g/mol. The molecule has 1 saturated carbocycles. The molecule has 0 spiro atoms. The van der Waals surface area contributed by atoms with Crippen molar-refractivity contribution in [2.24, 2.45) is 5.41 Å². The number of Topliss-reactive ketones (excluding diaryl/α,β-unsaturated/α-hetero) is 1. The molecule has 28 heavy (non-hydrogen) atoms. The number of aromatic nitrogens is 2. The van der Waals surface area contributed by atoms with E-state index >= 15 is 0 Å². The van der Waals surface area contributed by atoms with E-state index in [0.717, 1.165) is 41.9 Å². The van der Waals surface area contributed by atoms with Crippen LogP contribution in [0.15, 0.2) is 24.3 Å². The highest BCUT2D eigenvalue weighted by molar-refractivity contribution is 6.00. The van der Waals surface area contributed by atoms with E-state index in [2.05, 4.69) is 24.3 Å². The van der Waals surface area contributed by atoms with Crippen LogP contribution < -0.4 is 5.32 Å². The predicted molar refractivity (Wildman–Crippen MR) is 109 cm³/mol. The summed E-state index contributed by atoms with van der Waals surface area (Å²) in [5.41, 5.74) is 4.05. The molecule has 1 fully saturated rings. The normalized spacial score (nSPS) is 19.3. The second-order valence-electron chi connectivity index (χ2n) is 9.12. The summed E-state index contributed by atoms with van der Waals surface area (Å²) in [5.74, 6) is 0.173. The maximum Gasteiger partial charge on any atom is 0.251 e. The van der Waals surface area contributed by atoms with E-state index in [1.54, 1.807) is 0 Å². The largest absolute Gasteiger partial charge is 0.349 e. The summed E-state index contributed by atoms with van der Waals surface area (Å²) < 4.78 is 1.88. The third-order valence-corrected chi connectivity index (χ3v) is 6.03. The van der Waals surface area contributed by atoms with Crippen LogP contribution in [0.4, 0.5) is 0 Å². The molecule has 2 aliphatic carbocycles. The highest BCUT2D eigenvalue weighted by Gasteiger charge is 2.35. The van der Waals surface area contributed by atoms with Crippen LogP contribution in [-0.4, -0.2) is 27.5 Å². The van der Waals surface area contributed by atoms with Gasteiger partial charge in [0.2, 0.25) is 0 Å². The maximum atomic E-state index is 12.6. The summed E-state index contributed by atoms with van der Waals surface area (Å²) in [5, 5.41) is 7.80. The third kappa shape index (κ3) is 3.62. The zero-order valence-corrected chi connectivity index (χ0v) is 17.0. The SMILES string of the molecule is Cc1nn(-c2ccc(C(=O)NC3CCCCC3)cc2)c2c1C(=O)CC(C)(C)C2. The van der Waals surface area contributed by atoms with Crippen LogP contribution in [-0.2, 0) is 6.42 Å².